The van der Waals surface area contributed by atoms with Gasteiger partial charge in [0.1, 0.15) is 25.4 Å². The van der Waals surface area contributed by atoms with Crippen LogP contribution in [0.5, 0.6) is 0 Å². The van der Waals surface area contributed by atoms with Gasteiger partial charge in [-0.3, -0.25) is 9.59 Å². The van der Waals surface area contributed by atoms with E-state index in [0.717, 1.165) is 12.8 Å². The van der Waals surface area contributed by atoms with Gasteiger partial charge < -0.3 is 14.2 Å². The number of ether oxygens (including phenoxy) is 3. The van der Waals surface area contributed by atoms with Crippen molar-refractivity contribution in [2.75, 3.05) is 19.8 Å². The molecule has 0 unspecified atom stereocenters. The van der Waals surface area contributed by atoms with Gasteiger partial charge in [-0.1, -0.05) is 26.5 Å². The average molecular weight is 342 g/mol. The molecule has 0 saturated heterocycles. The first-order valence-corrected chi connectivity index (χ1v) is 7.51. The molecule has 0 aliphatic heterocycles. The van der Waals surface area contributed by atoms with E-state index in [2.05, 4.69) is 27.4 Å². The molecular weight excluding hydrogens is 316 g/mol. The molecule has 7 nitrogen and oxygen atoms in total. The van der Waals surface area contributed by atoms with E-state index in [1.165, 1.54) is 19.9 Å². The molecule has 0 radical (unpaired) electrons. The largest absolute Gasteiger partial charge is 0.463 e. The summed E-state index contributed by atoms with van der Waals surface area (Å²) < 4.78 is 13.9. The summed E-state index contributed by atoms with van der Waals surface area (Å²) in [5, 5.41) is 0. The monoisotopic (exact) mass is 342 g/mol. The molecule has 0 rings (SSSR count). The SMILES string of the molecule is C=C(C)C(=O)OCCOC(=O)CC(C)=O.C=CC(=O)OCCCC. The molecule has 7 heteroatoms. The van der Waals surface area contributed by atoms with Crippen molar-refractivity contribution in [3.63, 3.8) is 0 Å². The van der Waals surface area contributed by atoms with Crippen LogP contribution in [0.4, 0.5) is 0 Å². The minimum Gasteiger partial charge on any atom is -0.463 e. The number of rotatable bonds is 10. The van der Waals surface area contributed by atoms with Crippen molar-refractivity contribution in [2.45, 2.75) is 40.0 Å². The van der Waals surface area contributed by atoms with Crippen molar-refractivity contribution in [1.29, 1.82) is 0 Å². The number of hydrogen-bond acceptors (Lipinski definition) is 7. The molecule has 0 saturated carbocycles. The van der Waals surface area contributed by atoms with Gasteiger partial charge in [0.05, 0.1) is 6.61 Å². The minimum atomic E-state index is -0.617. The molecule has 0 atom stereocenters. The second kappa shape index (κ2) is 15.5. The Hall–Kier alpha value is -2.44. The van der Waals surface area contributed by atoms with Crippen LogP contribution in [-0.2, 0) is 33.4 Å². The molecule has 0 spiro atoms. The van der Waals surface area contributed by atoms with E-state index in [1.54, 1.807) is 0 Å². The molecule has 0 aromatic carbocycles. The fourth-order valence-electron chi connectivity index (χ4n) is 1.04. The second-order valence-electron chi connectivity index (χ2n) is 4.74. The highest BCUT2D eigenvalue weighted by molar-refractivity contribution is 5.94. The fraction of sp³-hybridized carbons (Fsp3) is 0.529. The van der Waals surface area contributed by atoms with Crippen LogP contribution in [0, 0.1) is 0 Å². The average Bonchev–Trinajstić information content (AvgIpc) is 2.51. The summed E-state index contributed by atoms with van der Waals surface area (Å²) in [6, 6.07) is 0. The maximum absolute atomic E-state index is 10.8. The van der Waals surface area contributed by atoms with Crippen LogP contribution in [0.1, 0.15) is 40.0 Å². The van der Waals surface area contributed by atoms with Crippen LogP contribution < -0.4 is 0 Å². The third-order valence-corrected chi connectivity index (χ3v) is 2.23. The molecule has 0 N–H and O–H groups in total. The zero-order chi connectivity index (χ0) is 19.0. The Morgan fingerprint density at radius 3 is 2.00 bits per heavy atom. The van der Waals surface area contributed by atoms with Crippen LogP contribution in [0.3, 0.4) is 0 Å². The van der Waals surface area contributed by atoms with E-state index < -0.39 is 11.9 Å². The predicted molar refractivity (Wildman–Crippen MR) is 88.1 cm³/mol. The van der Waals surface area contributed by atoms with Crippen molar-refractivity contribution in [1.82, 2.24) is 0 Å². The molecule has 136 valence electrons. The number of ketones is 1. The van der Waals surface area contributed by atoms with Crippen LogP contribution in [0.25, 0.3) is 0 Å². The zero-order valence-corrected chi connectivity index (χ0v) is 14.6. The van der Waals surface area contributed by atoms with Crippen molar-refractivity contribution in [3.05, 3.63) is 24.8 Å². The first-order chi connectivity index (χ1) is 11.2. The van der Waals surface area contributed by atoms with Crippen LogP contribution >= 0.6 is 0 Å². The van der Waals surface area contributed by atoms with Crippen molar-refractivity contribution in [3.8, 4) is 0 Å². The normalized spacial score (nSPS) is 8.96. The molecule has 0 aliphatic rings. The first-order valence-electron chi connectivity index (χ1n) is 7.51. The lowest BCUT2D eigenvalue weighted by Gasteiger charge is -2.05. The molecule has 0 aromatic rings. The van der Waals surface area contributed by atoms with E-state index in [9.17, 15) is 19.2 Å². The van der Waals surface area contributed by atoms with Gasteiger partial charge in [0.2, 0.25) is 0 Å². The van der Waals surface area contributed by atoms with E-state index in [4.69, 9.17) is 0 Å². The van der Waals surface area contributed by atoms with Crippen molar-refractivity contribution >= 4 is 23.7 Å². The standard InChI is InChI=1S/C10H14O5.C7H12O2/c1-7(2)10(13)15-5-4-14-9(12)6-8(3)11;1-3-5-6-9-7(8)4-2/h1,4-6H2,2-3H3;4H,2-3,5-6H2,1H3. The highest BCUT2D eigenvalue weighted by Gasteiger charge is 2.07. The van der Waals surface area contributed by atoms with Gasteiger partial charge >= 0.3 is 17.9 Å². The molecule has 0 aliphatic carbocycles. The van der Waals surface area contributed by atoms with Gasteiger partial charge in [0.25, 0.3) is 0 Å². The summed E-state index contributed by atoms with van der Waals surface area (Å²) in [4.78, 5) is 42.5. The summed E-state index contributed by atoms with van der Waals surface area (Å²) in [6.07, 6.45) is 2.90. The van der Waals surface area contributed by atoms with E-state index >= 15 is 0 Å². The van der Waals surface area contributed by atoms with Gasteiger partial charge in [-0.05, 0) is 20.3 Å². The van der Waals surface area contributed by atoms with Crippen LogP contribution in [-0.4, -0.2) is 43.5 Å². The number of hydrogen-bond donors (Lipinski definition) is 0. The highest BCUT2D eigenvalue weighted by atomic mass is 16.6. The number of carbonyl (C=O) groups is 4. The zero-order valence-electron chi connectivity index (χ0n) is 14.6. The molecular formula is C17H26O7. The molecule has 0 bridgehead atoms. The topological polar surface area (TPSA) is 96.0 Å². The summed E-state index contributed by atoms with van der Waals surface area (Å²) in [5.41, 5.74) is 0.282. The second-order valence-corrected chi connectivity index (χ2v) is 4.74. The molecule has 0 aromatic heterocycles. The fourth-order valence-corrected chi connectivity index (χ4v) is 1.04. The Morgan fingerprint density at radius 1 is 0.958 bits per heavy atom. The Bertz CT molecular complexity index is 452. The van der Waals surface area contributed by atoms with Gasteiger partial charge in [0, 0.05) is 11.6 Å². The minimum absolute atomic E-state index is 0.0324. The smallest absolute Gasteiger partial charge is 0.333 e. The van der Waals surface area contributed by atoms with Crippen molar-refractivity contribution in [2.24, 2.45) is 0 Å². The summed E-state index contributed by atoms with van der Waals surface area (Å²) in [5.74, 6) is -1.74. The van der Waals surface area contributed by atoms with Gasteiger partial charge in [-0.15, -0.1) is 0 Å². The van der Waals surface area contributed by atoms with Crippen molar-refractivity contribution < 1.29 is 33.4 Å². The van der Waals surface area contributed by atoms with E-state index in [-0.39, 0.29) is 37.0 Å². The lowest BCUT2D eigenvalue weighted by atomic mass is 10.3. The van der Waals surface area contributed by atoms with E-state index in [0.29, 0.717) is 6.61 Å². The lowest BCUT2D eigenvalue weighted by Crippen LogP contribution is -2.15. The molecule has 0 heterocycles. The molecule has 0 fully saturated rings. The number of unbranched alkanes of at least 4 members (excludes halogenated alkanes) is 1. The summed E-state index contributed by atoms with van der Waals surface area (Å²) in [6.45, 7) is 11.9. The Balaban J connectivity index is 0. The number of esters is 3. The number of Topliss-reactive ketones (excluding diaryl/α,β-unsaturated/α-hetero) is 1. The predicted octanol–water partition coefficient (Wildman–Crippen LogP) is 2.14. The first kappa shape index (κ1) is 23.8. The Kier molecular flexibility index (Phi) is 15.3. The van der Waals surface area contributed by atoms with Gasteiger partial charge in [0.15, 0.2) is 0 Å². The third-order valence-electron chi connectivity index (χ3n) is 2.23. The van der Waals surface area contributed by atoms with E-state index in [1.807, 2.05) is 6.92 Å². The number of carbonyl (C=O) groups excluding carboxylic acids is 4. The summed E-state index contributed by atoms with van der Waals surface area (Å²) in [7, 11) is 0. The third kappa shape index (κ3) is 17.6. The van der Waals surface area contributed by atoms with Crippen LogP contribution in [0.15, 0.2) is 24.8 Å². The molecule has 24 heavy (non-hydrogen) atoms. The molecule has 0 amide bonds. The van der Waals surface area contributed by atoms with Gasteiger partial charge in [-0.25, -0.2) is 9.59 Å². The van der Waals surface area contributed by atoms with Gasteiger partial charge in [-0.2, -0.15) is 0 Å². The Labute approximate surface area is 142 Å². The maximum atomic E-state index is 10.8. The highest BCUT2D eigenvalue weighted by Crippen LogP contribution is 1.93. The quantitative estimate of drug-likeness (QED) is 0.197. The maximum Gasteiger partial charge on any atom is 0.333 e. The lowest BCUT2D eigenvalue weighted by molar-refractivity contribution is -0.151. The Morgan fingerprint density at radius 2 is 1.54 bits per heavy atom. The van der Waals surface area contributed by atoms with Crippen LogP contribution in [0.2, 0.25) is 0 Å². The summed E-state index contributed by atoms with van der Waals surface area (Å²) >= 11 is 0.